The predicted molar refractivity (Wildman–Crippen MR) is 67.1 cm³/mol. The Hall–Kier alpha value is -2.37. The van der Waals surface area contributed by atoms with Crippen molar-refractivity contribution >= 4 is 5.97 Å². The van der Waals surface area contributed by atoms with Crippen LogP contribution in [0.1, 0.15) is 21.5 Å². The van der Waals surface area contributed by atoms with Crippen molar-refractivity contribution in [3.05, 3.63) is 70.3 Å². The van der Waals surface area contributed by atoms with Crippen molar-refractivity contribution in [3.8, 4) is 0 Å². The minimum Gasteiger partial charge on any atom is -0.478 e. The van der Waals surface area contributed by atoms with Gasteiger partial charge in [0.25, 0.3) is 0 Å². The molecule has 0 saturated heterocycles. The van der Waals surface area contributed by atoms with Gasteiger partial charge in [-0.3, -0.25) is 0 Å². The van der Waals surface area contributed by atoms with Crippen LogP contribution in [-0.2, 0) is 12.8 Å². The number of aryl methyl sites for hydroxylation is 1. The predicted octanol–water partition coefficient (Wildman–Crippen LogP) is 3.73. The molecular formula is C15H10F4O2. The third kappa shape index (κ3) is 3.21. The third-order valence-electron chi connectivity index (χ3n) is 3.07. The second-order valence-electron chi connectivity index (χ2n) is 4.45. The molecule has 0 unspecified atom stereocenters. The molecule has 6 heteroatoms. The molecule has 0 heterocycles. The second kappa shape index (κ2) is 5.95. The van der Waals surface area contributed by atoms with Gasteiger partial charge < -0.3 is 5.11 Å². The maximum Gasteiger partial charge on any atom is 0.335 e. The van der Waals surface area contributed by atoms with Gasteiger partial charge in [0.1, 0.15) is 0 Å². The van der Waals surface area contributed by atoms with Gasteiger partial charge in [0.2, 0.25) is 0 Å². The van der Waals surface area contributed by atoms with Gasteiger partial charge in [0.05, 0.1) is 5.56 Å². The van der Waals surface area contributed by atoms with E-state index in [1.165, 1.54) is 24.3 Å². The van der Waals surface area contributed by atoms with E-state index in [0.717, 1.165) is 0 Å². The molecule has 2 aromatic rings. The first-order chi connectivity index (χ1) is 9.90. The van der Waals surface area contributed by atoms with Gasteiger partial charge in [-0.25, -0.2) is 22.4 Å². The van der Waals surface area contributed by atoms with Crippen molar-refractivity contribution in [2.45, 2.75) is 12.8 Å². The molecule has 0 aliphatic rings. The summed E-state index contributed by atoms with van der Waals surface area (Å²) in [6.45, 7) is 0. The number of hydrogen-bond donors (Lipinski definition) is 1. The minimum atomic E-state index is -1.44. The molecule has 0 radical (unpaired) electrons. The zero-order valence-electron chi connectivity index (χ0n) is 10.7. The van der Waals surface area contributed by atoms with Crippen molar-refractivity contribution < 1.29 is 27.5 Å². The Kier molecular flexibility index (Phi) is 4.26. The molecule has 1 N–H and O–H groups in total. The molecule has 2 nitrogen and oxygen atoms in total. The van der Waals surface area contributed by atoms with Gasteiger partial charge in [-0.05, 0) is 30.5 Å². The number of aromatic carboxylic acids is 1. The van der Waals surface area contributed by atoms with Crippen molar-refractivity contribution in [1.82, 2.24) is 0 Å². The molecule has 0 atom stereocenters. The van der Waals surface area contributed by atoms with Crippen LogP contribution in [0.4, 0.5) is 17.6 Å². The molecule has 2 aromatic carbocycles. The van der Waals surface area contributed by atoms with Crippen LogP contribution in [0, 0.1) is 23.3 Å². The summed E-state index contributed by atoms with van der Waals surface area (Å²) in [5.41, 5.74) is 0.0196. The van der Waals surface area contributed by atoms with Crippen LogP contribution >= 0.6 is 0 Å². The number of hydrogen-bond acceptors (Lipinski definition) is 1. The summed E-state index contributed by atoms with van der Waals surface area (Å²) < 4.78 is 53.0. The van der Waals surface area contributed by atoms with E-state index in [1.54, 1.807) is 0 Å². The standard InChI is InChI=1S/C15H10F4O2/c16-11-7-12(17)14(19)10(13(11)18)6-3-8-1-4-9(5-2-8)15(20)21/h1-2,4-5,7H,3,6H2,(H,20,21). The number of benzene rings is 2. The Morgan fingerprint density at radius 2 is 1.43 bits per heavy atom. The molecular weight excluding hydrogens is 288 g/mol. The van der Waals surface area contributed by atoms with Gasteiger partial charge in [-0.15, -0.1) is 0 Å². The molecule has 0 aliphatic carbocycles. The van der Waals surface area contributed by atoms with Crippen molar-refractivity contribution in [3.63, 3.8) is 0 Å². The highest BCUT2D eigenvalue weighted by atomic mass is 19.2. The van der Waals surface area contributed by atoms with E-state index in [9.17, 15) is 22.4 Å². The molecule has 0 saturated carbocycles. The minimum absolute atomic E-state index is 0.0768. The second-order valence-corrected chi connectivity index (χ2v) is 4.45. The molecule has 21 heavy (non-hydrogen) atoms. The molecule has 110 valence electrons. The first-order valence-corrected chi connectivity index (χ1v) is 6.04. The molecule has 0 bridgehead atoms. The van der Waals surface area contributed by atoms with Gasteiger partial charge in [0, 0.05) is 11.6 Å². The van der Waals surface area contributed by atoms with E-state index in [1.807, 2.05) is 0 Å². The summed E-state index contributed by atoms with van der Waals surface area (Å²) in [5.74, 6) is -6.78. The first-order valence-electron chi connectivity index (χ1n) is 6.04. The molecule has 0 spiro atoms. The third-order valence-corrected chi connectivity index (χ3v) is 3.07. The maximum absolute atomic E-state index is 13.5. The van der Waals surface area contributed by atoms with Crippen LogP contribution in [0.5, 0.6) is 0 Å². The van der Waals surface area contributed by atoms with Crippen LogP contribution in [-0.4, -0.2) is 11.1 Å². The number of carboxylic acids is 1. The Morgan fingerprint density at radius 1 is 0.905 bits per heavy atom. The topological polar surface area (TPSA) is 37.3 Å². The van der Waals surface area contributed by atoms with E-state index in [2.05, 4.69) is 0 Å². The highest BCUT2D eigenvalue weighted by molar-refractivity contribution is 5.87. The Labute approximate surface area is 117 Å². The summed E-state index contributed by atoms with van der Waals surface area (Å²) in [6.07, 6.45) is -0.116. The number of halogens is 4. The first kappa shape index (κ1) is 15.0. The monoisotopic (exact) mass is 298 g/mol. The van der Waals surface area contributed by atoms with Crippen LogP contribution in [0.3, 0.4) is 0 Å². The number of carbonyl (C=O) groups is 1. The fraction of sp³-hybridized carbons (Fsp3) is 0.133. The maximum atomic E-state index is 13.5. The lowest BCUT2D eigenvalue weighted by atomic mass is 10.0. The molecule has 0 aromatic heterocycles. The highest BCUT2D eigenvalue weighted by Gasteiger charge is 2.18. The Bertz CT molecular complexity index is 655. The quantitative estimate of drug-likeness (QED) is 0.690. The van der Waals surface area contributed by atoms with Gasteiger partial charge in [-0.1, -0.05) is 12.1 Å². The summed E-state index contributed by atoms with van der Waals surface area (Å²) in [6, 6.07) is 5.81. The lowest BCUT2D eigenvalue weighted by Crippen LogP contribution is -2.04. The van der Waals surface area contributed by atoms with E-state index in [4.69, 9.17) is 5.11 Å². The number of rotatable bonds is 4. The summed E-state index contributed by atoms with van der Waals surface area (Å²) in [5, 5.41) is 8.73. The van der Waals surface area contributed by atoms with E-state index < -0.39 is 34.8 Å². The largest absolute Gasteiger partial charge is 0.478 e. The van der Waals surface area contributed by atoms with Gasteiger partial charge in [0.15, 0.2) is 23.3 Å². The normalized spacial score (nSPS) is 10.7. The van der Waals surface area contributed by atoms with Crippen molar-refractivity contribution in [2.75, 3.05) is 0 Å². The van der Waals surface area contributed by atoms with E-state index in [-0.39, 0.29) is 24.5 Å². The summed E-state index contributed by atoms with van der Waals surface area (Å²) in [7, 11) is 0. The molecule has 0 aliphatic heterocycles. The Morgan fingerprint density at radius 3 is 1.90 bits per heavy atom. The summed E-state index contributed by atoms with van der Waals surface area (Å²) in [4.78, 5) is 10.7. The SMILES string of the molecule is O=C(O)c1ccc(CCc2c(F)c(F)cc(F)c2F)cc1. The van der Waals surface area contributed by atoms with E-state index in [0.29, 0.717) is 5.56 Å². The van der Waals surface area contributed by atoms with Gasteiger partial charge >= 0.3 is 5.97 Å². The zero-order valence-corrected chi connectivity index (χ0v) is 10.7. The van der Waals surface area contributed by atoms with Crippen molar-refractivity contribution in [2.24, 2.45) is 0 Å². The fourth-order valence-electron chi connectivity index (χ4n) is 1.93. The fourth-order valence-corrected chi connectivity index (χ4v) is 1.93. The van der Waals surface area contributed by atoms with Crippen molar-refractivity contribution in [1.29, 1.82) is 0 Å². The zero-order chi connectivity index (χ0) is 15.6. The molecule has 0 amide bonds. The summed E-state index contributed by atoms with van der Waals surface area (Å²) >= 11 is 0. The number of carboxylic acid groups (broad SMARTS) is 1. The van der Waals surface area contributed by atoms with Crippen LogP contribution < -0.4 is 0 Å². The molecule has 0 fully saturated rings. The average Bonchev–Trinajstić information content (AvgIpc) is 2.45. The van der Waals surface area contributed by atoms with Crippen LogP contribution in [0.2, 0.25) is 0 Å². The highest BCUT2D eigenvalue weighted by Crippen LogP contribution is 2.21. The molecule has 2 rings (SSSR count). The van der Waals surface area contributed by atoms with Crippen LogP contribution in [0.25, 0.3) is 0 Å². The lowest BCUT2D eigenvalue weighted by Gasteiger charge is -2.07. The van der Waals surface area contributed by atoms with Crippen LogP contribution in [0.15, 0.2) is 30.3 Å². The average molecular weight is 298 g/mol. The lowest BCUT2D eigenvalue weighted by molar-refractivity contribution is 0.0697. The van der Waals surface area contributed by atoms with Gasteiger partial charge in [-0.2, -0.15) is 0 Å². The van der Waals surface area contributed by atoms with E-state index >= 15 is 0 Å². The Balaban J connectivity index is 2.18. The smallest absolute Gasteiger partial charge is 0.335 e.